The van der Waals surface area contributed by atoms with Crippen LogP contribution in [0.4, 0.5) is 0 Å². The summed E-state index contributed by atoms with van der Waals surface area (Å²) >= 11 is 0. The highest BCUT2D eigenvalue weighted by molar-refractivity contribution is 5.71. The van der Waals surface area contributed by atoms with Crippen LogP contribution in [-0.4, -0.2) is 12.6 Å². The molecule has 0 N–H and O–H groups in total. The average Bonchev–Trinajstić information content (AvgIpc) is 2.88. The molecule has 0 fully saturated rings. The summed E-state index contributed by atoms with van der Waals surface area (Å²) in [6, 6.07) is 0. The van der Waals surface area contributed by atoms with Crippen molar-refractivity contribution in [1.29, 1.82) is 0 Å². The molecule has 0 aromatic rings. The summed E-state index contributed by atoms with van der Waals surface area (Å²) in [4.78, 5) is 12.5. The molecule has 36 heavy (non-hydrogen) atoms. The standard InChI is InChI=1S/C34H68O2/c1-5-8-11-14-16-17-18-19-20-22-24-27-30-33(29-26-23-21-15-12-9-6-2)31-36-34(35)32(4)28-25-13-10-7-3/h32-33H,5-31H2,1-4H3. The third-order valence-corrected chi connectivity index (χ3v) is 8.04. The first-order valence-corrected chi connectivity index (χ1v) is 16.8. The van der Waals surface area contributed by atoms with Crippen LogP contribution in [0.25, 0.3) is 0 Å². The zero-order chi connectivity index (χ0) is 26.5. The zero-order valence-electron chi connectivity index (χ0n) is 25.6. The van der Waals surface area contributed by atoms with Gasteiger partial charge in [0.1, 0.15) is 0 Å². The van der Waals surface area contributed by atoms with Crippen molar-refractivity contribution >= 4 is 5.97 Å². The van der Waals surface area contributed by atoms with Crippen LogP contribution in [-0.2, 0) is 9.53 Å². The Balaban J connectivity index is 4.07. The molecule has 0 heterocycles. The summed E-state index contributed by atoms with van der Waals surface area (Å²) in [5, 5.41) is 0. The summed E-state index contributed by atoms with van der Waals surface area (Å²) < 4.78 is 5.85. The highest BCUT2D eigenvalue weighted by Crippen LogP contribution is 2.21. The monoisotopic (exact) mass is 509 g/mol. The fourth-order valence-electron chi connectivity index (χ4n) is 5.31. The van der Waals surface area contributed by atoms with Gasteiger partial charge in [0.25, 0.3) is 0 Å². The molecular weight excluding hydrogens is 440 g/mol. The predicted octanol–water partition coefficient (Wildman–Crippen LogP) is 12.0. The fraction of sp³-hybridized carbons (Fsp3) is 0.971. The molecule has 0 rings (SSSR count). The van der Waals surface area contributed by atoms with Gasteiger partial charge in [-0.3, -0.25) is 4.79 Å². The molecule has 0 aliphatic heterocycles. The van der Waals surface area contributed by atoms with Crippen molar-refractivity contribution in [2.75, 3.05) is 6.61 Å². The minimum Gasteiger partial charge on any atom is -0.465 e. The van der Waals surface area contributed by atoms with Crippen LogP contribution in [0.3, 0.4) is 0 Å². The molecule has 0 aliphatic carbocycles. The Hall–Kier alpha value is -0.530. The number of ether oxygens (including phenoxy) is 1. The van der Waals surface area contributed by atoms with E-state index >= 15 is 0 Å². The van der Waals surface area contributed by atoms with E-state index in [4.69, 9.17) is 4.74 Å². The van der Waals surface area contributed by atoms with Crippen LogP contribution in [0.5, 0.6) is 0 Å². The number of hydrogen-bond donors (Lipinski definition) is 0. The minimum absolute atomic E-state index is 0.0470. The van der Waals surface area contributed by atoms with Crippen molar-refractivity contribution in [3.05, 3.63) is 0 Å². The molecule has 0 bridgehead atoms. The fourth-order valence-corrected chi connectivity index (χ4v) is 5.31. The number of esters is 1. The maximum atomic E-state index is 12.5. The van der Waals surface area contributed by atoms with Gasteiger partial charge in [-0.25, -0.2) is 0 Å². The Kier molecular flexibility index (Phi) is 28.6. The Labute approximate surface area is 228 Å². The zero-order valence-corrected chi connectivity index (χ0v) is 25.6. The van der Waals surface area contributed by atoms with E-state index in [9.17, 15) is 4.79 Å². The van der Waals surface area contributed by atoms with Gasteiger partial charge >= 0.3 is 5.97 Å². The molecule has 2 nitrogen and oxygen atoms in total. The highest BCUT2D eigenvalue weighted by atomic mass is 16.5. The van der Waals surface area contributed by atoms with Crippen LogP contribution in [0.2, 0.25) is 0 Å². The minimum atomic E-state index is 0.0470. The molecule has 0 aliphatic rings. The van der Waals surface area contributed by atoms with Gasteiger partial charge in [0, 0.05) is 0 Å². The highest BCUT2D eigenvalue weighted by Gasteiger charge is 2.17. The van der Waals surface area contributed by atoms with Gasteiger partial charge in [-0.1, -0.05) is 175 Å². The van der Waals surface area contributed by atoms with Crippen molar-refractivity contribution in [1.82, 2.24) is 0 Å². The number of hydrogen-bond acceptors (Lipinski definition) is 2. The molecule has 0 aromatic carbocycles. The maximum absolute atomic E-state index is 12.5. The topological polar surface area (TPSA) is 26.3 Å². The van der Waals surface area contributed by atoms with Gasteiger partial charge < -0.3 is 4.74 Å². The van der Waals surface area contributed by atoms with E-state index in [1.807, 2.05) is 0 Å². The summed E-state index contributed by atoms with van der Waals surface area (Å²) in [5.41, 5.74) is 0. The lowest BCUT2D eigenvalue weighted by molar-refractivity contribution is -0.149. The van der Waals surface area contributed by atoms with E-state index < -0.39 is 0 Å². The lowest BCUT2D eigenvalue weighted by Gasteiger charge is -2.19. The van der Waals surface area contributed by atoms with Crippen molar-refractivity contribution in [2.24, 2.45) is 11.8 Å². The van der Waals surface area contributed by atoms with Crippen LogP contribution < -0.4 is 0 Å². The summed E-state index contributed by atoms with van der Waals surface area (Å²) in [7, 11) is 0. The third-order valence-electron chi connectivity index (χ3n) is 8.04. The average molecular weight is 509 g/mol. The Bertz CT molecular complexity index is 433. The van der Waals surface area contributed by atoms with E-state index in [-0.39, 0.29) is 11.9 Å². The SMILES string of the molecule is CCCCCCCCCCCCCCC(CCCCCCCCC)COC(=O)C(C)CCCCCC. The molecule has 0 spiro atoms. The summed E-state index contributed by atoms with van der Waals surface area (Å²) in [5.74, 6) is 0.679. The van der Waals surface area contributed by atoms with Crippen molar-refractivity contribution in [3.63, 3.8) is 0 Å². The Morgan fingerprint density at radius 1 is 0.472 bits per heavy atom. The largest absolute Gasteiger partial charge is 0.465 e. The predicted molar refractivity (Wildman–Crippen MR) is 161 cm³/mol. The lowest BCUT2D eigenvalue weighted by Crippen LogP contribution is -2.20. The molecule has 0 amide bonds. The second-order valence-electron chi connectivity index (χ2n) is 11.8. The van der Waals surface area contributed by atoms with E-state index in [0.29, 0.717) is 12.5 Å². The van der Waals surface area contributed by atoms with Gasteiger partial charge in [-0.05, 0) is 25.2 Å². The summed E-state index contributed by atoms with van der Waals surface area (Å²) in [6.07, 6.45) is 34.7. The van der Waals surface area contributed by atoms with E-state index in [2.05, 4.69) is 27.7 Å². The molecular formula is C34H68O2. The van der Waals surface area contributed by atoms with Crippen molar-refractivity contribution in [2.45, 2.75) is 195 Å². The van der Waals surface area contributed by atoms with Crippen LogP contribution >= 0.6 is 0 Å². The number of unbranched alkanes of at least 4 members (excludes halogenated alkanes) is 20. The first kappa shape index (κ1) is 35.5. The van der Waals surface area contributed by atoms with Crippen LogP contribution in [0.1, 0.15) is 195 Å². The summed E-state index contributed by atoms with van der Waals surface area (Å²) in [6.45, 7) is 9.53. The Morgan fingerprint density at radius 2 is 0.778 bits per heavy atom. The molecule has 0 radical (unpaired) electrons. The van der Waals surface area contributed by atoms with E-state index in [1.54, 1.807) is 0 Å². The van der Waals surface area contributed by atoms with Crippen LogP contribution in [0, 0.1) is 11.8 Å². The third kappa shape index (κ3) is 25.1. The molecule has 216 valence electrons. The van der Waals surface area contributed by atoms with Crippen molar-refractivity contribution < 1.29 is 9.53 Å². The van der Waals surface area contributed by atoms with E-state index in [0.717, 1.165) is 12.8 Å². The lowest BCUT2D eigenvalue weighted by atomic mass is 9.94. The van der Waals surface area contributed by atoms with Gasteiger partial charge in [0.15, 0.2) is 0 Å². The molecule has 0 aromatic heterocycles. The van der Waals surface area contributed by atoms with E-state index in [1.165, 1.54) is 154 Å². The smallest absolute Gasteiger partial charge is 0.308 e. The first-order valence-electron chi connectivity index (χ1n) is 16.8. The first-order chi connectivity index (χ1) is 17.7. The molecule has 0 saturated heterocycles. The quantitative estimate of drug-likeness (QED) is 0.0741. The van der Waals surface area contributed by atoms with Crippen molar-refractivity contribution in [3.8, 4) is 0 Å². The molecule has 2 unspecified atom stereocenters. The van der Waals surface area contributed by atoms with Crippen LogP contribution in [0.15, 0.2) is 0 Å². The second-order valence-corrected chi connectivity index (χ2v) is 11.8. The number of carbonyl (C=O) groups excluding carboxylic acids is 1. The number of carbonyl (C=O) groups is 1. The van der Waals surface area contributed by atoms with Gasteiger partial charge in [-0.15, -0.1) is 0 Å². The number of rotatable bonds is 29. The van der Waals surface area contributed by atoms with Gasteiger partial charge in [0.05, 0.1) is 12.5 Å². The molecule has 2 atom stereocenters. The van der Waals surface area contributed by atoms with Gasteiger partial charge in [-0.2, -0.15) is 0 Å². The maximum Gasteiger partial charge on any atom is 0.308 e. The Morgan fingerprint density at radius 3 is 1.17 bits per heavy atom. The normalized spacial score (nSPS) is 13.1. The van der Waals surface area contributed by atoms with Gasteiger partial charge in [0.2, 0.25) is 0 Å². The second kappa shape index (κ2) is 29.0. The molecule has 0 saturated carbocycles. The molecule has 2 heteroatoms.